The molecule has 0 radical (unpaired) electrons. The van der Waals surface area contributed by atoms with Gasteiger partial charge in [0.25, 0.3) is 0 Å². The van der Waals surface area contributed by atoms with E-state index in [4.69, 9.17) is 0 Å². The summed E-state index contributed by atoms with van der Waals surface area (Å²) in [6, 6.07) is 11.9. The molecular formula is C21H28N4O2. The third-order valence-corrected chi connectivity index (χ3v) is 4.82. The number of hydrogen-bond donors (Lipinski definition) is 1. The van der Waals surface area contributed by atoms with E-state index in [9.17, 15) is 9.59 Å². The molecule has 2 aromatic rings. The van der Waals surface area contributed by atoms with Crippen LogP contribution in [0.4, 0.5) is 5.82 Å². The Balaban J connectivity index is 1.73. The maximum Gasteiger partial charge on any atom is 0.245 e. The highest BCUT2D eigenvalue weighted by Gasteiger charge is 2.20. The van der Waals surface area contributed by atoms with Gasteiger partial charge in [-0.15, -0.1) is 0 Å². The van der Waals surface area contributed by atoms with Crippen LogP contribution in [0.5, 0.6) is 0 Å². The van der Waals surface area contributed by atoms with Gasteiger partial charge in [-0.05, 0) is 26.7 Å². The van der Waals surface area contributed by atoms with E-state index in [1.807, 2.05) is 54.9 Å². The minimum absolute atomic E-state index is 0.0761. The zero-order chi connectivity index (χ0) is 19.2. The molecule has 1 aliphatic rings. The quantitative estimate of drug-likeness (QED) is 0.871. The van der Waals surface area contributed by atoms with Crippen LogP contribution in [0.15, 0.2) is 36.4 Å². The first-order valence-corrected chi connectivity index (χ1v) is 9.77. The Morgan fingerprint density at radius 2 is 1.89 bits per heavy atom. The van der Waals surface area contributed by atoms with Gasteiger partial charge in [-0.1, -0.05) is 43.2 Å². The Labute approximate surface area is 160 Å². The van der Waals surface area contributed by atoms with E-state index in [1.165, 1.54) is 0 Å². The molecule has 0 bridgehead atoms. The van der Waals surface area contributed by atoms with Crippen LogP contribution < -0.4 is 5.32 Å². The van der Waals surface area contributed by atoms with Gasteiger partial charge in [0.1, 0.15) is 5.82 Å². The highest BCUT2D eigenvalue weighted by Crippen LogP contribution is 2.24. The van der Waals surface area contributed by atoms with Crippen LogP contribution in [0, 0.1) is 0 Å². The number of amides is 2. The van der Waals surface area contributed by atoms with E-state index < -0.39 is 0 Å². The fraction of sp³-hybridized carbons (Fsp3) is 0.476. The number of rotatable bonds is 5. The summed E-state index contributed by atoms with van der Waals surface area (Å²) in [5, 5.41) is 7.60. The number of hydrogen-bond acceptors (Lipinski definition) is 3. The highest BCUT2D eigenvalue weighted by atomic mass is 16.2. The smallest absolute Gasteiger partial charge is 0.245 e. The van der Waals surface area contributed by atoms with Crippen LogP contribution in [-0.2, 0) is 9.59 Å². The molecule has 1 aromatic heterocycles. The van der Waals surface area contributed by atoms with Crippen LogP contribution in [0.1, 0.15) is 52.0 Å². The second kappa shape index (κ2) is 8.84. The first-order chi connectivity index (χ1) is 13.0. The average Bonchev–Trinajstić information content (AvgIpc) is 3.06. The summed E-state index contributed by atoms with van der Waals surface area (Å²) in [7, 11) is 0. The number of carbonyl (C=O) groups is 2. The topological polar surface area (TPSA) is 67.2 Å². The molecule has 6 heteroatoms. The predicted molar refractivity (Wildman–Crippen MR) is 106 cm³/mol. The zero-order valence-electron chi connectivity index (χ0n) is 16.1. The van der Waals surface area contributed by atoms with Crippen molar-refractivity contribution in [1.82, 2.24) is 14.7 Å². The number of nitrogens with one attached hydrogen (secondary N) is 1. The van der Waals surface area contributed by atoms with Crippen molar-refractivity contribution in [3.8, 4) is 11.3 Å². The Morgan fingerprint density at radius 1 is 1.15 bits per heavy atom. The van der Waals surface area contributed by atoms with E-state index >= 15 is 0 Å². The van der Waals surface area contributed by atoms with Gasteiger partial charge in [0.2, 0.25) is 11.8 Å². The van der Waals surface area contributed by atoms with Crippen LogP contribution >= 0.6 is 0 Å². The lowest BCUT2D eigenvalue weighted by molar-refractivity contribution is -0.135. The molecule has 1 N–H and O–H groups in total. The molecule has 0 spiro atoms. The average molecular weight is 368 g/mol. The Morgan fingerprint density at radius 3 is 2.63 bits per heavy atom. The van der Waals surface area contributed by atoms with Crippen molar-refractivity contribution in [2.75, 3.05) is 18.4 Å². The molecular weight excluding hydrogens is 340 g/mol. The summed E-state index contributed by atoms with van der Waals surface area (Å²) in [4.78, 5) is 26.5. The van der Waals surface area contributed by atoms with Crippen molar-refractivity contribution in [2.45, 2.75) is 52.0 Å². The van der Waals surface area contributed by atoms with E-state index in [2.05, 4.69) is 10.4 Å². The summed E-state index contributed by atoms with van der Waals surface area (Å²) in [5.74, 6) is 0.561. The first kappa shape index (κ1) is 19.1. The van der Waals surface area contributed by atoms with Gasteiger partial charge < -0.3 is 10.2 Å². The van der Waals surface area contributed by atoms with E-state index in [0.717, 1.165) is 36.9 Å². The van der Waals surface area contributed by atoms with Crippen molar-refractivity contribution >= 4 is 17.6 Å². The van der Waals surface area contributed by atoms with Gasteiger partial charge >= 0.3 is 0 Å². The van der Waals surface area contributed by atoms with Gasteiger partial charge in [-0.2, -0.15) is 5.10 Å². The van der Waals surface area contributed by atoms with Gasteiger partial charge in [-0.25, -0.2) is 4.68 Å². The normalized spacial score (nSPS) is 15.5. The minimum atomic E-state index is -0.176. The summed E-state index contributed by atoms with van der Waals surface area (Å²) in [5.41, 5.74) is 1.83. The highest BCUT2D eigenvalue weighted by molar-refractivity contribution is 5.94. The molecule has 144 valence electrons. The van der Waals surface area contributed by atoms with Crippen molar-refractivity contribution in [3.05, 3.63) is 36.4 Å². The number of carbonyl (C=O) groups excluding carboxylic acids is 2. The Hall–Kier alpha value is -2.63. The summed E-state index contributed by atoms with van der Waals surface area (Å²) in [6.07, 6.45) is 4.63. The van der Waals surface area contributed by atoms with Crippen LogP contribution in [-0.4, -0.2) is 39.6 Å². The van der Waals surface area contributed by atoms with Crippen molar-refractivity contribution in [3.63, 3.8) is 0 Å². The standard InChI is InChI=1S/C21H28N4O2/c1-16(2)25-19(14-18(23-25)17-10-6-5-7-11-17)22-20(26)15-24-13-9-4-3-8-12-21(24)27/h5-7,10-11,14,16H,3-4,8-9,12-13,15H2,1-2H3,(H,22,26). The molecule has 1 aromatic carbocycles. The number of likely N-dealkylation sites (tertiary alicyclic amines) is 1. The van der Waals surface area contributed by atoms with Crippen LogP contribution in [0.25, 0.3) is 11.3 Å². The number of anilines is 1. The zero-order valence-corrected chi connectivity index (χ0v) is 16.1. The SMILES string of the molecule is CC(C)n1nc(-c2ccccc2)cc1NC(=O)CN1CCCCCCC1=O. The number of aromatic nitrogens is 2. The maximum atomic E-state index is 12.6. The summed E-state index contributed by atoms with van der Waals surface area (Å²) >= 11 is 0. The molecule has 3 rings (SSSR count). The molecule has 2 heterocycles. The van der Waals surface area contributed by atoms with E-state index in [1.54, 1.807) is 4.90 Å². The molecule has 6 nitrogen and oxygen atoms in total. The second-order valence-corrected chi connectivity index (χ2v) is 7.35. The second-order valence-electron chi connectivity index (χ2n) is 7.35. The lowest BCUT2D eigenvalue weighted by Gasteiger charge is -2.24. The predicted octanol–water partition coefficient (Wildman–Crippen LogP) is 3.86. The molecule has 0 aliphatic carbocycles. The van der Waals surface area contributed by atoms with Crippen LogP contribution in [0.2, 0.25) is 0 Å². The van der Waals surface area contributed by atoms with Gasteiger partial charge in [0.15, 0.2) is 0 Å². The Bertz CT molecular complexity index is 783. The van der Waals surface area contributed by atoms with Crippen molar-refractivity contribution in [1.29, 1.82) is 0 Å². The lowest BCUT2D eigenvalue weighted by Crippen LogP contribution is -2.39. The molecule has 1 fully saturated rings. The van der Waals surface area contributed by atoms with Crippen molar-refractivity contribution in [2.24, 2.45) is 0 Å². The van der Waals surface area contributed by atoms with Crippen molar-refractivity contribution < 1.29 is 9.59 Å². The fourth-order valence-electron chi connectivity index (χ4n) is 3.37. The first-order valence-electron chi connectivity index (χ1n) is 9.77. The molecule has 1 aliphatic heterocycles. The largest absolute Gasteiger partial charge is 0.333 e. The molecule has 1 saturated heterocycles. The summed E-state index contributed by atoms with van der Waals surface area (Å²) < 4.78 is 1.82. The van der Waals surface area contributed by atoms with E-state index in [0.29, 0.717) is 18.8 Å². The number of nitrogens with zero attached hydrogens (tertiary/aromatic N) is 3. The molecule has 0 saturated carbocycles. The summed E-state index contributed by atoms with van der Waals surface area (Å²) in [6.45, 7) is 4.81. The molecule has 27 heavy (non-hydrogen) atoms. The van der Waals surface area contributed by atoms with Gasteiger partial charge in [0, 0.05) is 30.6 Å². The maximum absolute atomic E-state index is 12.6. The van der Waals surface area contributed by atoms with E-state index in [-0.39, 0.29) is 24.4 Å². The fourth-order valence-corrected chi connectivity index (χ4v) is 3.37. The monoisotopic (exact) mass is 368 g/mol. The van der Waals surface area contributed by atoms with Gasteiger partial charge in [-0.3, -0.25) is 9.59 Å². The third-order valence-electron chi connectivity index (χ3n) is 4.82. The third kappa shape index (κ3) is 4.96. The Kier molecular flexibility index (Phi) is 6.27. The minimum Gasteiger partial charge on any atom is -0.333 e. The van der Waals surface area contributed by atoms with Gasteiger partial charge in [0.05, 0.1) is 12.2 Å². The number of benzene rings is 1. The van der Waals surface area contributed by atoms with Crippen LogP contribution in [0.3, 0.4) is 0 Å². The molecule has 0 atom stereocenters. The molecule has 0 unspecified atom stereocenters. The molecule has 2 amide bonds. The lowest BCUT2D eigenvalue weighted by atomic mass is 10.1.